The van der Waals surface area contributed by atoms with Crippen LogP contribution in [0.3, 0.4) is 0 Å². The van der Waals surface area contributed by atoms with Gasteiger partial charge in [-0.1, -0.05) is 12.1 Å². The molecule has 5 nitrogen and oxygen atoms in total. The molecular formula is C21H35N3O2. The number of likely N-dealkylation sites (tertiary alicyclic amines) is 1. The number of hydrogen-bond donors (Lipinski definition) is 2. The molecule has 0 aliphatic carbocycles. The van der Waals surface area contributed by atoms with Crippen LogP contribution < -0.4 is 15.4 Å². The Kier molecular flexibility index (Phi) is 8.92. The van der Waals surface area contributed by atoms with Gasteiger partial charge < -0.3 is 15.4 Å². The molecule has 1 fully saturated rings. The standard InChI is InChI=1S/C21H35N3O2/c1-17(2)26-20-6-4-18(5-7-20)9-13-23-21(25)16-24-14-10-19(11-15-24)8-12-22-3/h4-7,17,19,22H,8-16H2,1-3H3,(H,23,25). The van der Waals surface area contributed by atoms with Gasteiger partial charge in [0, 0.05) is 6.54 Å². The Labute approximate surface area is 158 Å². The van der Waals surface area contributed by atoms with Crippen LogP contribution >= 0.6 is 0 Å². The first-order valence-corrected chi connectivity index (χ1v) is 9.96. The highest BCUT2D eigenvalue weighted by atomic mass is 16.5. The fourth-order valence-corrected chi connectivity index (χ4v) is 3.39. The van der Waals surface area contributed by atoms with Crippen molar-refractivity contribution < 1.29 is 9.53 Å². The van der Waals surface area contributed by atoms with E-state index in [0.29, 0.717) is 13.1 Å². The van der Waals surface area contributed by atoms with E-state index in [-0.39, 0.29) is 12.0 Å². The summed E-state index contributed by atoms with van der Waals surface area (Å²) in [6.45, 7) is 8.43. The van der Waals surface area contributed by atoms with Crippen molar-refractivity contribution in [2.75, 3.05) is 39.8 Å². The van der Waals surface area contributed by atoms with E-state index in [1.54, 1.807) is 0 Å². The molecule has 1 aromatic rings. The number of nitrogens with one attached hydrogen (secondary N) is 2. The van der Waals surface area contributed by atoms with E-state index < -0.39 is 0 Å². The van der Waals surface area contributed by atoms with E-state index in [4.69, 9.17) is 4.74 Å². The molecule has 146 valence electrons. The fraction of sp³-hybridized carbons (Fsp3) is 0.667. The summed E-state index contributed by atoms with van der Waals surface area (Å²) >= 11 is 0. The van der Waals surface area contributed by atoms with Gasteiger partial charge >= 0.3 is 0 Å². The Morgan fingerprint density at radius 1 is 1.19 bits per heavy atom. The molecule has 0 unspecified atom stereocenters. The summed E-state index contributed by atoms with van der Waals surface area (Å²) in [5.74, 6) is 1.84. The third-order valence-electron chi connectivity index (χ3n) is 4.91. The van der Waals surface area contributed by atoms with Crippen LogP contribution in [0.15, 0.2) is 24.3 Å². The quantitative estimate of drug-likeness (QED) is 0.672. The van der Waals surface area contributed by atoms with Crippen molar-refractivity contribution >= 4 is 5.91 Å². The van der Waals surface area contributed by atoms with Crippen LogP contribution in [0.4, 0.5) is 0 Å². The van der Waals surface area contributed by atoms with Gasteiger partial charge in [-0.2, -0.15) is 0 Å². The van der Waals surface area contributed by atoms with Crippen LogP contribution in [0.5, 0.6) is 5.75 Å². The second-order valence-corrected chi connectivity index (χ2v) is 7.52. The molecule has 1 aliphatic rings. The van der Waals surface area contributed by atoms with Crippen LogP contribution in [0.2, 0.25) is 0 Å². The van der Waals surface area contributed by atoms with Crippen molar-refractivity contribution in [2.45, 2.75) is 45.6 Å². The lowest BCUT2D eigenvalue weighted by Gasteiger charge is -2.31. The highest BCUT2D eigenvalue weighted by Gasteiger charge is 2.20. The van der Waals surface area contributed by atoms with E-state index in [1.165, 1.54) is 24.8 Å². The SMILES string of the molecule is CNCCC1CCN(CC(=O)NCCc2ccc(OC(C)C)cc2)CC1. The molecule has 1 amide bonds. The topological polar surface area (TPSA) is 53.6 Å². The first kappa shape index (κ1) is 20.7. The Hall–Kier alpha value is -1.59. The summed E-state index contributed by atoms with van der Waals surface area (Å²) in [6, 6.07) is 8.13. The minimum absolute atomic E-state index is 0.137. The predicted octanol–water partition coefficient (Wildman–Crippen LogP) is 2.45. The van der Waals surface area contributed by atoms with Gasteiger partial charge in [0.05, 0.1) is 12.6 Å². The van der Waals surface area contributed by atoms with Gasteiger partial charge in [-0.3, -0.25) is 9.69 Å². The first-order valence-electron chi connectivity index (χ1n) is 9.96. The predicted molar refractivity (Wildman–Crippen MR) is 107 cm³/mol. The number of ether oxygens (including phenoxy) is 1. The Morgan fingerprint density at radius 3 is 2.50 bits per heavy atom. The zero-order chi connectivity index (χ0) is 18.8. The van der Waals surface area contributed by atoms with E-state index in [2.05, 4.69) is 27.7 Å². The number of carbonyl (C=O) groups is 1. The number of piperidine rings is 1. The number of rotatable bonds is 10. The fourth-order valence-electron chi connectivity index (χ4n) is 3.39. The molecule has 26 heavy (non-hydrogen) atoms. The summed E-state index contributed by atoms with van der Waals surface area (Å²) in [6.07, 6.45) is 4.70. The van der Waals surface area contributed by atoms with Crippen molar-refractivity contribution in [3.8, 4) is 5.75 Å². The maximum absolute atomic E-state index is 12.1. The molecular weight excluding hydrogens is 326 g/mol. The molecule has 0 spiro atoms. The highest BCUT2D eigenvalue weighted by Crippen LogP contribution is 2.19. The van der Waals surface area contributed by atoms with Crippen molar-refractivity contribution in [1.29, 1.82) is 0 Å². The number of nitrogens with zero attached hydrogens (tertiary/aromatic N) is 1. The Balaban J connectivity index is 1.60. The second kappa shape index (κ2) is 11.2. The molecule has 0 atom stereocenters. The number of carbonyl (C=O) groups excluding carboxylic acids is 1. The summed E-state index contributed by atoms with van der Waals surface area (Å²) in [7, 11) is 2.01. The summed E-state index contributed by atoms with van der Waals surface area (Å²) in [5, 5.41) is 6.27. The molecule has 2 rings (SSSR count). The normalized spacial score (nSPS) is 16.0. The van der Waals surface area contributed by atoms with Crippen molar-refractivity contribution in [3.63, 3.8) is 0 Å². The minimum atomic E-state index is 0.137. The van der Waals surface area contributed by atoms with Gasteiger partial charge in [0.2, 0.25) is 5.91 Å². The van der Waals surface area contributed by atoms with Gasteiger partial charge in [-0.05, 0) is 89.8 Å². The van der Waals surface area contributed by atoms with Gasteiger partial charge in [0.25, 0.3) is 0 Å². The maximum atomic E-state index is 12.1. The number of amides is 1. The molecule has 1 saturated heterocycles. The van der Waals surface area contributed by atoms with Gasteiger partial charge in [0.1, 0.15) is 5.75 Å². The van der Waals surface area contributed by atoms with Crippen molar-refractivity contribution in [3.05, 3.63) is 29.8 Å². The molecule has 0 bridgehead atoms. The first-order chi connectivity index (χ1) is 12.6. The van der Waals surface area contributed by atoms with E-state index in [1.807, 2.05) is 33.0 Å². The Bertz CT molecular complexity index is 523. The molecule has 0 aromatic heterocycles. The molecule has 0 radical (unpaired) electrons. The average Bonchev–Trinajstić information content (AvgIpc) is 2.62. The molecule has 0 saturated carbocycles. The van der Waals surface area contributed by atoms with Crippen LogP contribution in [-0.2, 0) is 11.2 Å². The minimum Gasteiger partial charge on any atom is -0.491 e. The zero-order valence-corrected chi connectivity index (χ0v) is 16.6. The number of benzene rings is 1. The van der Waals surface area contributed by atoms with E-state index in [9.17, 15) is 4.79 Å². The average molecular weight is 362 g/mol. The largest absolute Gasteiger partial charge is 0.491 e. The second-order valence-electron chi connectivity index (χ2n) is 7.52. The third-order valence-corrected chi connectivity index (χ3v) is 4.91. The van der Waals surface area contributed by atoms with Gasteiger partial charge in [-0.15, -0.1) is 0 Å². The molecule has 5 heteroatoms. The lowest BCUT2D eigenvalue weighted by molar-refractivity contribution is -0.122. The van der Waals surface area contributed by atoms with Crippen molar-refractivity contribution in [2.24, 2.45) is 5.92 Å². The van der Waals surface area contributed by atoms with Crippen LogP contribution in [-0.4, -0.2) is 56.7 Å². The van der Waals surface area contributed by atoms with Gasteiger partial charge in [-0.25, -0.2) is 0 Å². The van der Waals surface area contributed by atoms with Crippen molar-refractivity contribution in [1.82, 2.24) is 15.5 Å². The van der Waals surface area contributed by atoms with Crippen LogP contribution in [0.1, 0.15) is 38.7 Å². The molecule has 1 aliphatic heterocycles. The molecule has 2 N–H and O–H groups in total. The smallest absolute Gasteiger partial charge is 0.234 e. The lowest BCUT2D eigenvalue weighted by atomic mass is 9.93. The lowest BCUT2D eigenvalue weighted by Crippen LogP contribution is -2.42. The molecule has 1 heterocycles. The van der Waals surface area contributed by atoms with E-state index >= 15 is 0 Å². The van der Waals surface area contributed by atoms with Crippen LogP contribution in [0.25, 0.3) is 0 Å². The third kappa shape index (κ3) is 7.75. The Morgan fingerprint density at radius 2 is 1.88 bits per heavy atom. The highest BCUT2D eigenvalue weighted by molar-refractivity contribution is 5.78. The van der Waals surface area contributed by atoms with Crippen LogP contribution in [0, 0.1) is 5.92 Å². The summed E-state index contributed by atoms with van der Waals surface area (Å²) in [4.78, 5) is 14.4. The summed E-state index contributed by atoms with van der Waals surface area (Å²) < 4.78 is 5.65. The number of hydrogen-bond acceptors (Lipinski definition) is 4. The maximum Gasteiger partial charge on any atom is 0.234 e. The zero-order valence-electron chi connectivity index (χ0n) is 16.6. The monoisotopic (exact) mass is 361 g/mol. The van der Waals surface area contributed by atoms with Gasteiger partial charge in [0.15, 0.2) is 0 Å². The van der Waals surface area contributed by atoms with E-state index in [0.717, 1.165) is 37.7 Å². The molecule has 1 aromatic carbocycles. The summed E-state index contributed by atoms with van der Waals surface area (Å²) in [5.41, 5.74) is 1.21.